The standard InChI is InChI=1S/C13H21NO/c1-3-13(7-4-5-8-13)12(14-2)11-6-9-15-10-11/h6,9-10,12,14H,3-5,7-8H2,1-2H3. The van der Waals surface area contributed by atoms with Crippen molar-refractivity contribution in [1.29, 1.82) is 0 Å². The molecule has 1 aromatic rings. The van der Waals surface area contributed by atoms with E-state index in [1.807, 2.05) is 6.26 Å². The molecule has 0 radical (unpaired) electrons. The van der Waals surface area contributed by atoms with Crippen molar-refractivity contribution in [2.75, 3.05) is 7.05 Å². The molecule has 0 aromatic carbocycles. The van der Waals surface area contributed by atoms with E-state index in [1.54, 1.807) is 6.26 Å². The van der Waals surface area contributed by atoms with E-state index in [2.05, 4.69) is 25.4 Å². The van der Waals surface area contributed by atoms with E-state index in [-0.39, 0.29) is 0 Å². The van der Waals surface area contributed by atoms with Crippen LogP contribution >= 0.6 is 0 Å². The van der Waals surface area contributed by atoms with Crippen LogP contribution in [0.15, 0.2) is 23.0 Å². The molecule has 0 amide bonds. The Morgan fingerprint density at radius 1 is 1.47 bits per heavy atom. The number of hydrogen-bond acceptors (Lipinski definition) is 2. The molecule has 1 heterocycles. The SMILES string of the molecule is CCC1(C(NC)c2ccoc2)CCCC1. The zero-order valence-electron chi connectivity index (χ0n) is 9.75. The van der Waals surface area contributed by atoms with Gasteiger partial charge in [0.05, 0.1) is 12.5 Å². The van der Waals surface area contributed by atoms with E-state index < -0.39 is 0 Å². The average Bonchev–Trinajstić information content (AvgIpc) is 2.90. The second-order valence-corrected chi connectivity index (χ2v) is 4.70. The maximum atomic E-state index is 5.21. The van der Waals surface area contributed by atoms with Gasteiger partial charge in [0.25, 0.3) is 0 Å². The summed E-state index contributed by atoms with van der Waals surface area (Å²) >= 11 is 0. The summed E-state index contributed by atoms with van der Waals surface area (Å²) in [5, 5.41) is 3.48. The minimum atomic E-state index is 0.457. The molecule has 15 heavy (non-hydrogen) atoms. The normalized spacial score (nSPS) is 21.7. The first-order valence-electron chi connectivity index (χ1n) is 6.02. The van der Waals surface area contributed by atoms with Crippen LogP contribution in [0.4, 0.5) is 0 Å². The summed E-state index contributed by atoms with van der Waals surface area (Å²) in [6, 6.07) is 2.56. The van der Waals surface area contributed by atoms with Crippen molar-refractivity contribution in [1.82, 2.24) is 5.32 Å². The van der Waals surface area contributed by atoms with Gasteiger partial charge in [-0.15, -0.1) is 0 Å². The van der Waals surface area contributed by atoms with Crippen LogP contribution in [0.1, 0.15) is 50.6 Å². The van der Waals surface area contributed by atoms with E-state index in [1.165, 1.54) is 37.7 Å². The number of hydrogen-bond donors (Lipinski definition) is 1. The third-order valence-corrected chi connectivity index (χ3v) is 4.08. The van der Waals surface area contributed by atoms with Gasteiger partial charge in [-0.1, -0.05) is 19.8 Å². The van der Waals surface area contributed by atoms with E-state index in [9.17, 15) is 0 Å². The molecule has 1 N–H and O–H groups in total. The highest BCUT2D eigenvalue weighted by Gasteiger charge is 2.40. The molecule has 84 valence electrons. The van der Waals surface area contributed by atoms with Gasteiger partial charge in [-0.25, -0.2) is 0 Å². The number of rotatable bonds is 4. The molecule has 1 saturated carbocycles. The molecule has 0 bridgehead atoms. The minimum absolute atomic E-state index is 0.457. The fourth-order valence-electron chi connectivity index (χ4n) is 3.19. The molecule has 1 fully saturated rings. The van der Waals surface area contributed by atoms with Gasteiger partial charge in [0.15, 0.2) is 0 Å². The van der Waals surface area contributed by atoms with Gasteiger partial charge in [0.2, 0.25) is 0 Å². The third-order valence-electron chi connectivity index (χ3n) is 4.08. The van der Waals surface area contributed by atoms with E-state index in [0.29, 0.717) is 11.5 Å². The van der Waals surface area contributed by atoms with Crippen LogP contribution in [0.5, 0.6) is 0 Å². The maximum absolute atomic E-state index is 5.21. The fourth-order valence-corrected chi connectivity index (χ4v) is 3.19. The van der Waals surface area contributed by atoms with Crippen LogP contribution in [0, 0.1) is 5.41 Å². The van der Waals surface area contributed by atoms with E-state index >= 15 is 0 Å². The summed E-state index contributed by atoms with van der Waals surface area (Å²) in [5.74, 6) is 0. The van der Waals surface area contributed by atoms with Gasteiger partial charge in [0.1, 0.15) is 0 Å². The topological polar surface area (TPSA) is 25.2 Å². The molecule has 1 aliphatic rings. The van der Waals surface area contributed by atoms with Crippen LogP contribution in [0.2, 0.25) is 0 Å². The first kappa shape index (κ1) is 10.7. The first-order chi connectivity index (χ1) is 7.32. The number of nitrogens with one attached hydrogen (secondary N) is 1. The summed E-state index contributed by atoms with van der Waals surface area (Å²) in [5.41, 5.74) is 1.76. The molecule has 1 aliphatic carbocycles. The zero-order chi connectivity index (χ0) is 10.7. The Kier molecular flexibility index (Phi) is 3.15. The lowest BCUT2D eigenvalue weighted by Crippen LogP contribution is -2.33. The van der Waals surface area contributed by atoms with Crippen LogP contribution < -0.4 is 5.32 Å². The zero-order valence-corrected chi connectivity index (χ0v) is 9.75. The first-order valence-corrected chi connectivity index (χ1v) is 6.02. The Labute approximate surface area is 92.1 Å². The fraction of sp³-hybridized carbons (Fsp3) is 0.692. The smallest absolute Gasteiger partial charge is 0.0950 e. The monoisotopic (exact) mass is 207 g/mol. The molecule has 0 aliphatic heterocycles. The van der Waals surface area contributed by atoms with Crippen molar-refractivity contribution >= 4 is 0 Å². The second kappa shape index (κ2) is 4.40. The quantitative estimate of drug-likeness (QED) is 0.817. The third kappa shape index (κ3) is 1.83. The van der Waals surface area contributed by atoms with Gasteiger partial charge in [-0.3, -0.25) is 0 Å². The maximum Gasteiger partial charge on any atom is 0.0950 e. The van der Waals surface area contributed by atoms with Crippen LogP contribution in [-0.4, -0.2) is 7.05 Å². The van der Waals surface area contributed by atoms with Gasteiger partial charge in [-0.2, -0.15) is 0 Å². The molecule has 1 aromatic heterocycles. The highest BCUT2D eigenvalue weighted by atomic mass is 16.3. The molecule has 2 heteroatoms. The van der Waals surface area contributed by atoms with E-state index in [4.69, 9.17) is 4.42 Å². The van der Waals surface area contributed by atoms with Crippen LogP contribution in [0.3, 0.4) is 0 Å². The van der Waals surface area contributed by atoms with Gasteiger partial charge in [-0.05, 0) is 37.8 Å². The van der Waals surface area contributed by atoms with Gasteiger partial charge in [0, 0.05) is 11.6 Å². The predicted molar refractivity (Wildman–Crippen MR) is 61.7 cm³/mol. The Hall–Kier alpha value is -0.760. The Balaban J connectivity index is 2.24. The van der Waals surface area contributed by atoms with Crippen LogP contribution in [0.25, 0.3) is 0 Å². The second-order valence-electron chi connectivity index (χ2n) is 4.70. The van der Waals surface area contributed by atoms with Crippen LogP contribution in [-0.2, 0) is 0 Å². The highest BCUT2D eigenvalue weighted by molar-refractivity contribution is 5.16. The van der Waals surface area contributed by atoms with Gasteiger partial charge < -0.3 is 9.73 Å². The summed E-state index contributed by atoms with van der Waals surface area (Å²) in [4.78, 5) is 0. The Bertz CT molecular complexity index is 285. The molecular weight excluding hydrogens is 186 g/mol. The average molecular weight is 207 g/mol. The van der Waals surface area contributed by atoms with Crippen molar-refractivity contribution in [2.45, 2.75) is 45.1 Å². The largest absolute Gasteiger partial charge is 0.472 e. The summed E-state index contributed by atoms with van der Waals surface area (Å²) in [7, 11) is 2.06. The predicted octanol–water partition coefficient (Wildman–Crippen LogP) is 3.51. The van der Waals surface area contributed by atoms with Crippen molar-refractivity contribution in [3.63, 3.8) is 0 Å². The molecule has 1 atom stereocenters. The summed E-state index contributed by atoms with van der Waals surface area (Å²) in [6.45, 7) is 2.32. The van der Waals surface area contributed by atoms with Crippen molar-refractivity contribution in [3.8, 4) is 0 Å². The summed E-state index contributed by atoms with van der Waals surface area (Å²) < 4.78 is 5.21. The lowest BCUT2D eigenvalue weighted by atomic mass is 9.74. The number of furan rings is 1. The summed E-state index contributed by atoms with van der Waals surface area (Å²) in [6.07, 6.45) is 10.4. The van der Waals surface area contributed by atoms with Crippen molar-refractivity contribution in [3.05, 3.63) is 24.2 Å². The molecule has 1 unspecified atom stereocenters. The van der Waals surface area contributed by atoms with E-state index in [0.717, 1.165) is 0 Å². The van der Waals surface area contributed by atoms with Crippen molar-refractivity contribution in [2.24, 2.45) is 5.41 Å². The molecule has 0 spiro atoms. The molecule has 0 saturated heterocycles. The Morgan fingerprint density at radius 2 is 2.20 bits per heavy atom. The Morgan fingerprint density at radius 3 is 2.67 bits per heavy atom. The minimum Gasteiger partial charge on any atom is -0.472 e. The lowest BCUT2D eigenvalue weighted by Gasteiger charge is -2.36. The molecule has 2 rings (SSSR count). The molecular formula is C13H21NO. The lowest BCUT2D eigenvalue weighted by molar-refractivity contribution is 0.194. The molecule has 2 nitrogen and oxygen atoms in total. The highest BCUT2D eigenvalue weighted by Crippen LogP contribution is 2.49. The van der Waals surface area contributed by atoms with Crippen molar-refractivity contribution < 1.29 is 4.42 Å². The van der Waals surface area contributed by atoms with Gasteiger partial charge >= 0.3 is 0 Å².